The number of hydrogen-bond donors (Lipinski definition) is 0. The van der Waals surface area contributed by atoms with Crippen LogP contribution in [0.1, 0.15) is 15.2 Å². The number of benzene rings is 1. The molecule has 100 valence electrons. The van der Waals surface area contributed by atoms with Crippen molar-refractivity contribution in [2.45, 2.75) is 10.1 Å². The lowest BCUT2D eigenvalue weighted by Gasteiger charge is -2.01. The van der Waals surface area contributed by atoms with Crippen LogP contribution >= 0.6 is 46.3 Å². The van der Waals surface area contributed by atoms with Crippen LogP contribution in [-0.2, 0) is 10.5 Å². The van der Waals surface area contributed by atoms with Crippen LogP contribution in [0.25, 0.3) is 0 Å². The van der Waals surface area contributed by atoms with Gasteiger partial charge in [0.15, 0.2) is 14.4 Å². The van der Waals surface area contributed by atoms with Crippen molar-refractivity contribution in [1.29, 1.82) is 0 Å². The number of thioether (sulfide) groups is 1. The fourth-order valence-electron chi connectivity index (χ4n) is 1.32. The standard InChI is InChI=1S/C12H9Cl2NO2S2/c1-17-11(16)9-10(14)15-12(19-9)18-6-7-4-2-3-5-8(7)13/h2-5H,6H2,1H3. The molecule has 3 nitrogen and oxygen atoms in total. The van der Waals surface area contributed by atoms with E-state index in [2.05, 4.69) is 9.72 Å². The zero-order valence-corrected chi connectivity index (χ0v) is 13.0. The highest BCUT2D eigenvalue weighted by Crippen LogP contribution is 2.33. The zero-order valence-electron chi connectivity index (χ0n) is 9.85. The van der Waals surface area contributed by atoms with Crippen molar-refractivity contribution in [3.05, 3.63) is 44.9 Å². The second kappa shape index (κ2) is 6.61. The van der Waals surface area contributed by atoms with Gasteiger partial charge in [-0.25, -0.2) is 9.78 Å². The van der Waals surface area contributed by atoms with Crippen LogP contribution in [0.3, 0.4) is 0 Å². The molecule has 0 saturated heterocycles. The van der Waals surface area contributed by atoms with Gasteiger partial charge in [-0.1, -0.05) is 64.5 Å². The van der Waals surface area contributed by atoms with Gasteiger partial charge < -0.3 is 4.74 Å². The number of hydrogen-bond acceptors (Lipinski definition) is 5. The molecule has 0 radical (unpaired) electrons. The minimum Gasteiger partial charge on any atom is -0.465 e. The second-order valence-corrected chi connectivity index (χ2v) is 6.46. The van der Waals surface area contributed by atoms with Crippen LogP contribution in [-0.4, -0.2) is 18.1 Å². The summed E-state index contributed by atoms with van der Waals surface area (Å²) in [6, 6.07) is 7.60. The Balaban J connectivity index is 2.09. The number of thiazole rings is 1. The maximum atomic E-state index is 11.4. The van der Waals surface area contributed by atoms with Crippen molar-refractivity contribution < 1.29 is 9.53 Å². The molecule has 0 aliphatic heterocycles. The highest BCUT2D eigenvalue weighted by molar-refractivity contribution is 8.00. The van der Waals surface area contributed by atoms with Gasteiger partial charge in [0.25, 0.3) is 0 Å². The topological polar surface area (TPSA) is 39.2 Å². The first-order chi connectivity index (χ1) is 9.11. The quantitative estimate of drug-likeness (QED) is 0.608. The number of ether oxygens (including phenoxy) is 1. The molecular formula is C12H9Cl2NO2S2. The number of aromatic nitrogens is 1. The monoisotopic (exact) mass is 333 g/mol. The summed E-state index contributed by atoms with van der Waals surface area (Å²) >= 11 is 14.7. The summed E-state index contributed by atoms with van der Waals surface area (Å²) < 4.78 is 5.34. The molecule has 0 aliphatic carbocycles. The van der Waals surface area contributed by atoms with E-state index in [4.69, 9.17) is 23.2 Å². The Hall–Kier alpha value is -0.750. The Morgan fingerprint density at radius 1 is 1.42 bits per heavy atom. The smallest absolute Gasteiger partial charge is 0.351 e. The molecular weight excluding hydrogens is 325 g/mol. The van der Waals surface area contributed by atoms with E-state index in [1.165, 1.54) is 30.2 Å². The van der Waals surface area contributed by atoms with Gasteiger partial charge in [0, 0.05) is 10.8 Å². The molecule has 0 N–H and O–H groups in total. The minimum atomic E-state index is -0.466. The van der Waals surface area contributed by atoms with Gasteiger partial charge in [-0.2, -0.15) is 0 Å². The summed E-state index contributed by atoms with van der Waals surface area (Å²) in [5.74, 6) is 0.205. The molecule has 0 atom stereocenters. The van der Waals surface area contributed by atoms with E-state index in [1.54, 1.807) is 0 Å². The Morgan fingerprint density at radius 2 is 2.16 bits per heavy atom. The molecule has 2 aromatic rings. The van der Waals surface area contributed by atoms with Crippen molar-refractivity contribution in [1.82, 2.24) is 4.98 Å². The van der Waals surface area contributed by atoms with Crippen molar-refractivity contribution in [2.75, 3.05) is 7.11 Å². The highest BCUT2D eigenvalue weighted by atomic mass is 35.5. The van der Waals surface area contributed by atoms with Crippen molar-refractivity contribution >= 4 is 52.3 Å². The molecule has 0 fully saturated rings. The lowest BCUT2D eigenvalue weighted by Crippen LogP contribution is -1.98. The molecule has 0 aliphatic rings. The van der Waals surface area contributed by atoms with Gasteiger partial charge in [-0.05, 0) is 11.6 Å². The van der Waals surface area contributed by atoms with Crippen LogP contribution in [0.4, 0.5) is 0 Å². The molecule has 0 bridgehead atoms. The summed E-state index contributed by atoms with van der Waals surface area (Å²) in [5, 5.41) is 0.893. The summed E-state index contributed by atoms with van der Waals surface area (Å²) in [6.45, 7) is 0. The fraction of sp³-hybridized carbons (Fsp3) is 0.167. The molecule has 2 rings (SSSR count). The van der Waals surface area contributed by atoms with Crippen LogP contribution in [0, 0.1) is 0 Å². The molecule has 1 aromatic carbocycles. The molecule has 0 amide bonds. The highest BCUT2D eigenvalue weighted by Gasteiger charge is 2.17. The number of halogens is 2. The Labute approximate surface area is 128 Å². The fourth-order valence-corrected chi connectivity index (χ4v) is 3.93. The first-order valence-electron chi connectivity index (χ1n) is 5.22. The van der Waals surface area contributed by atoms with Crippen LogP contribution < -0.4 is 0 Å². The average molecular weight is 334 g/mol. The number of carbonyl (C=O) groups excluding carboxylic acids is 1. The molecule has 1 heterocycles. The predicted molar refractivity (Wildman–Crippen MR) is 79.5 cm³/mol. The lowest BCUT2D eigenvalue weighted by molar-refractivity contribution is 0.0606. The minimum absolute atomic E-state index is 0.179. The van der Waals surface area contributed by atoms with Gasteiger partial charge in [-0.15, -0.1) is 0 Å². The van der Waals surface area contributed by atoms with E-state index in [-0.39, 0.29) is 5.15 Å². The van der Waals surface area contributed by atoms with Gasteiger partial charge in [-0.3, -0.25) is 0 Å². The average Bonchev–Trinajstić information content (AvgIpc) is 2.78. The third-order valence-corrected chi connectivity index (χ3v) is 5.23. The molecule has 1 aromatic heterocycles. The van der Waals surface area contributed by atoms with Gasteiger partial charge >= 0.3 is 5.97 Å². The summed E-state index contributed by atoms with van der Waals surface area (Å²) in [7, 11) is 1.31. The second-order valence-electron chi connectivity index (χ2n) is 3.47. The lowest BCUT2D eigenvalue weighted by atomic mass is 10.2. The van der Waals surface area contributed by atoms with Crippen LogP contribution in [0.15, 0.2) is 28.6 Å². The van der Waals surface area contributed by atoms with E-state index in [1.807, 2.05) is 24.3 Å². The van der Waals surface area contributed by atoms with Gasteiger partial charge in [0.1, 0.15) is 0 Å². The number of rotatable bonds is 4. The molecule has 0 unspecified atom stereocenters. The largest absolute Gasteiger partial charge is 0.465 e. The summed E-state index contributed by atoms with van der Waals surface area (Å²) in [4.78, 5) is 15.9. The third-order valence-electron chi connectivity index (χ3n) is 2.25. The Bertz CT molecular complexity index is 601. The zero-order chi connectivity index (χ0) is 13.8. The number of methoxy groups -OCH3 is 1. The summed E-state index contributed by atoms with van der Waals surface area (Å²) in [5.41, 5.74) is 1.01. The first kappa shape index (κ1) is 14.7. The van der Waals surface area contributed by atoms with E-state index in [0.29, 0.717) is 20.0 Å². The number of nitrogens with zero attached hydrogens (tertiary/aromatic N) is 1. The maximum Gasteiger partial charge on any atom is 0.351 e. The number of esters is 1. The molecule has 19 heavy (non-hydrogen) atoms. The van der Waals surface area contributed by atoms with Crippen LogP contribution in [0.2, 0.25) is 10.2 Å². The van der Waals surface area contributed by atoms with E-state index in [0.717, 1.165) is 5.56 Å². The van der Waals surface area contributed by atoms with Crippen molar-refractivity contribution in [3.63, 3.8) is 0 Å². The summed E-state index contributed by atoms with van der Waals surface area (Å²) in [6.07, 6.45) is 0. The van der Waals surface area contributed by atoms with E-state index in [9.17, 15) is 4.79 Å². The van der Waals surface area contributed by atoms with E-state index < -0.39 is 5.97 Å². The number of carbonyl (C=O) groups is 1. The first-order valence-corrected chi connectivity index (χ1v) is 7.78. The SMILES string of the molecule is COC(=O)c1sc(SCc2ccccc2Cl)nc1Cl. The van der Waals surface area contributed by atoms with Gasteiger partial charge in [0.2, 0.25) is 0 Å². The Kier molecular flexibility index (Phi) is 5.10. The van der Waals surface area contributed by atoms with Crippen LogP contribution in [0.5, 0.6) is 0 Å². The van der Waals surface area contributed by atoms with Gasteiger partial charge in [0.05, 0.1) is 7.11 Å². The normalized spacial score (nSPS) is 10.5. The predicted octanol–water partition coefficient (Wildman–Crippen LogP) is 4.53. The molecule has 7 heteroatoms. The maximum absolute atomic E-state index is 11.4. The molecule has 0 spiro atoms. The third kappa shape index (κ3) is 3.63. The molecule has 0 saturated carbocycles. The van der Waals surface area contributed by atoms with Crippen molar-refractivity contribution in [2.24, 2.45) is 0 Å². The van der Waals surface area contributed by atoms with Crippen molar-refractivity contribution in [3.8, 4) is 0 Å². The van der Waals surface area contributed by atoms with E-state index >= 15 is 0 Å². The Morgan fingerprint density at radius 3 is 2.84 bits per heavy atom.